The highest BCUT2D eigenvalue weighted by atomic mass is 16.7. The number of unbranched alkanes of at least 4 members (excludes halogenated alkanes) is 6. The third-order valence-electron chi connectivity index (χ3n) is 7.97. The second-order valence-electron chi connectivity index (χ2n) is 10.9. The predicted octanol–water partition coefficient (Wildman–Crippen LogP) is 9.35. The molecule has 3 heteroatoms. The van der Waals surface area contributed by atoms with Crippen molar-refractivity contribution in [3.8, 4) is 5.75 Å². The zero-order valence-electron chi connectivity index (χ0n) is 22.5. The van der Waals surface area contributed by atoms with E-state index in [2.05, 4.69) is 39.0 Å². The Morgan fingerprint density at radius 3 is 2.06 bits per heavy atom. The highest BCUT2D eigenvalue weighted by molar-refractivity contribution is 5.39. The summed E-state index contributed by atoms with van der Waals surface area (Å²) in [5.41, 5.74) is 2.67. The molecule has 0 aromatic heterocycles. The molecule has 34 heavy (non-hydrogen) atoms. The van der Waals surface area contributed by atoms with Crippen LogP contribution in [0, 0.1) is 11.8 Å². The summed E-state index contributed by atoms with van der Waals surface area (Å²) in [4.78, 5) is 0. The highest BCUT2D eigenvalue weighted by Crippen LogP contribution is 2.42. The summed E-state index contributed by atoms with van der Waals surface area (Å²) in [6.45, 7) is 9.16. The lowest BCUT2D eigenvalue weighted by atomic mass is 9.76. The number of hydrogen-bond donors (Lipinski definition) is 0. The van der Waals surface area contributed by atoms with Crippen LogP contribution in [0.4, 0.5) is 0 Å². The number of benzene rings is 1. The van der Waals surface area contributed by atoms with Gasteiger partial charge in [0, 0.05) is 11.5 Å². The molecule has 1 aliphatic carbocycles. The highest BCUT2D eigenvalue weighted by Gasteiger charge is 2.30. The summed E-state index contributed by atoms with van der Waals surface area (Å²) < 4.78 is 18.6. The fourth-order valence-electron chi connectivity index (χ4n) is 5.80. The van der Waals surface area contributed by atoms with Crippen LogP contribution in [-0.4, -0.2) is 19.8 Å². The first-order valence-corrected chi connectivity index (χ1v) is 14.7. The van der Waals surface area contributed by atoms with Gasteiger partial charge in [-0.3, -0.25) is 0 Å². The first-order valence-electron chi connectivity index (χ1n) is 14.7. The van der Waals surface area contributed by atoms with Gasteiger partial charge in [0.05, 0.1) is 19.8 Å². The van der Waals surface area contributed by atoms with Crippen molar-refractivity contribution in [1.29, 1.82) is 0 Å². The molecule has 1 aromatic carbocycles. The van der Waals surface area contributed by atoms with Gasteiger partial charge >= 0.3 is 0 Å². The normalized spacial score (nSPS) is 25.4. The van der Waals surface area contributed by atoms with Gasteiger partial charge in [0.15, 0.2) is 6.29 Å². The third-order valence-corrected chi connectivity index (χ3v) is 7.97. The van der Waals surface area contributed by atoms with Crippen molar-refractivity contribution in [3.63, 3.8) is 0 Å². The lowest BCUT2D eigenvalue weighted by Crippen LogP contribution is -2.28. The maximum absolute atomic E-state index is 6.30. The van der Waals surface area contributed by atoms with Gasteiger partial charge in [0.2, 0.25) is 0 Å². The van der Waals surface area contributed by atoms with Gasteiger partial charge in [-0.25, -0.2) is 0 Å². The van der Waals surface area contributed by atoms with E-state index in [0.717, 1.165) is 37.9 Å². The van der Waals surface area contributed by atoms with Crippen LogP contribution < -0.4 is 4.74 Å². The zero-order valence-corrected chi connectivity index (χ0v) is 22.5. The largest absolute Gasteiger partial charge is 0.494 e. The number of rotatable bonds is 15. The summed E-state index contributed by atoms with van der Waals surface area (Å²) in [6, 6.07) is 6.65. The van der Waals surface area contributed by atoms with E-state index in [4.69, 9.17) is 14.2 Å². The average molecular weight is 473 g/mol. The van der Waals surface area contributed by atoms with E-state index in [9.17, 15) is 0 Å². The van der Waals surface area contributed by atoms with Crippen LogP contribution in [0.2, 0.25) is 0 Å². The van der Waals surface area contributed by atoms with Crippen molar-refractivity contribution >= 4 is 0 Å². The summed E-state index contributed by atoms with van der Waals surface area (Å²) in [6.07, 6.45) is 19.6. The molecule has 1 saturated carbocycles. The maximum atomic E-state index is 6.30. The monoisotopic (exact) mass is 472 g/mol. The second kappa shape index (κ2) is 15.8. The van der Waals surface area contributed by atoms with Gasteiger partial charge in [0.1, 0.15) is 5.75 Å². The van der Waals surface area contributed by atoms with Crippen LogP contribution in [-0.2, 0) is 9.47 Å². The Kier molecular flexibility index (Phi) is 12.8. The summed E-state index contributed by atoms with van der Waals surface area (Å²) in [7, 11) is 0. The number of ether oxygens (including phenoxy) is 3. The van der Waals surface area contributed by atoms with Crippen LogP contribution in [0.3, 0.4) is 0 Å². The molecule has 0 unspecified atom stereocenters. The minimum absolute atomic E-state index is 0.214. The molecular weight excluding hydrogens is 420 g/mol. The Hall–Kier alpha value is -1.06. The summed E-state index contributed by atoms with van der Waals surface area (Å²) in [5, 5.41) is 0. The van der Waals surface area contributed by atoms with Gasteiger partial charge in [0.25, 0.3) is 0 Å². The van der Waals surface area contributed by atoms with E-state index in [-0.39, 0.29) is 6.29 Å². The Morgan fingerprint density at radius 1 is 0.706 bits per heavy atom. The molecule has 0 atom stereocenters. The lowest BCUT2D eigenvalue weighted by Gasteiger charge is -2.34. The van der Waals surface area contributed by atoms with E-state index >= 15 is 0 Å². The Morgan fingerprint density at radius 2 is 1.35 bits per heavy atom. The van der Waals surface area contributed by atoms with Gasteiger partial charge in [-0.2, -0.15) is 0 Å². The molecule has 0 bridgehead atoms. The molecule has 0 radical (unpaired) electrons. The smallest absolute Gasteiger partial charge is 0.184 e. The van der Waals surface area contributed by atoms with Crippen LogP contribution in [0.5, 0.6) is 5.75 Å². The molecule has 0 spiro atoms. The van der Waals surface area contributed by atoms with E-state index < -0.39 is 0 Å². The predicted molar refractivity (Wildman–Crippen MR) is 143 cm³/mol. The van der Waals surface area contributed by atoms with Crippen LogP contribution in [0.25, 0.3) is 0 Å². The molecule has 1 heterocycles. The van der Waals surface area contributed by atoms with E-state index in [1.807, 2.05) is 0 Å². The fraction of sp³-hybridized carbons (Fsp3) is 0.806. The second-order valence-corrected chi connectivity index (χ2v) is 10.9. The standard InChI is InChI=1S/C31H52O3/c1-4-7-9-10-12-13-25-15-17-27(18-16-25)30-22-28(32-21-6-3)19-20-29(30)31-33-23-26(24-34-31)14-11-8-5-2/h19-20,22,25-27,31H,4-18,21,23-24H2,1-3H3. The van der Waals surface area contributed by atoms with E-state index in [1.165, 1.54) is 101 Å². The molecule has 3 nitrogen and oxygen atoms in total. The fourth-order valence-corrected chi connectivity index (χ4v) is 5.80. The van der Waals surface area contributed by atoms with Crippen LogP contribution in [0.1, 0.15) is 140 Å². The van der Waals surface area contributed by atoms with Gasteiger partial charge < -0.3 is 14.2 Å². The van der Waals surface area contributed by atoms with Crippen molar-refractivity contribution in [1.82, 2.24) is 0 Å². The molecule has 2 fully saturated rings. The first kappa shape index (κ1) is 27.5. The van der Waals surface area contributed by atoms with Gasteiger partial charge in [-0.05, 0) is 74.1 Å². The Bertz CT molecular complexity index is 657. The summed E-state index contributed by atoms with van der Waals surface area (Å²) >= 11 is 0. The topological polar surface area (TPSA) is 27.7 Å². The van der Waals surface area contributed by atoms with Crippen molar-refractivity contribution < 1.29 is 14.2 Å². The van der Waals surface area contributed by atoms with Crippen molar-refractivity contribution in [3.05, 3.63) is 29.3 Å². The van der Waals surface area contributed by atoms with E-state index in [0.29, 0.717) is 11.8 Å². The molecule has 1 saturated heterocycles. The molecule has 0 amide bonds. The first-order chi connectivity index (χ1) is 16.7. The molecule has 1 aromatic rings. The van der Waals surface area contributed by atoms with Crippen LogP contribution >= 0.6 is 0 Å². The molecule has 3 rings (SSSR count). The molecule has 2 aliphatic rings. The quantitative estimate of drug-likeness (QED) is 0.238. The third kappa shape index (κ3) is 8.86. The average Bonchev–Trinajstić information content (AvgIpc) is 2.88. The number of hydrogen-bond acceptors (Lipinski definition) is 3. The zero-order chi connectivity index (χ0) is 24.0. The van der Waals surface area contributed by atoms with Crippen molar-refractivity contribution in [2.45, 2.75) is 129 Å². The van der Waals surface area contributed by atoms with Crippen molar-refractivity contribution in [2.24, 2.45) is 11.8 Å². The SMILES string of the molecule is CCCCCCCC1CCC(c2cc(OCCC)ccc2C2OCC(CCCCC)CO2)CC1. The van der Waals surface area contributed by atoms with Gasteiger partial charge in [-0.1, -0.05) is 78.6 Å². The molecule has 1 aliphatic heterocycles. The van der Waals surface area contributed by atoms with Gasteiger partial charge in [-0.15, -0.1) is 0 Å². The molecular formula is C31H52O3. The molecule has 194 valence electrons. The van der Waals surface area contributed by atoms with E-state index in [1.54, 1.807) is 0 Å². The lowest BCUT2D eigenvalue weighted by molar-refractivity contribution is -0.206. The summed E-state index contributed by atoms with van der Waals surface area (Å²) in [5.74, 6) is 3.08. The Labute approximate surface area is 210 Å². The Balaban J connectivity index is 1.58. The minimum atomic E-state index is -0.214. The van der Waals surface area contributed by atoms with Crippen LogP contribution in [0.15, 0.2) is 18.2 Å². The minimum Gasteiger partial charge on any atom is -0.494 e. The maximum Gasteiger partial charge on any atom is 0.184 e. The van der Waals surface area contributed by atoms with Crippen molar-refractivity contribution in [2.75, 3.05) is 19.8 Å². The molecule has 0 N–H and O–H groups in total.